The molecule has 164 valence electrons. The minimum atomic E-state index is -2.35. The van der Waals surface area contributed by atoms with E-state index in [0.29, 0.717) is 33.7 Å². The Morgan fingerprint density at radius 1 is 0.824 bits per heavy atom. The number of hydrogen-bond acceptors (Lipinski definition) is 3. The molecule has 0 spiro atoms. The molecule has 6 rings (SSSR count). The van der Waals surface area contributed by atoms with Crippen LogP contribution in [0.2, 0.25) is 0 Å². The number of fused-ring (bicyclic) bond motifs is 3. The van der Waals surface area contributed by atoms with Gasteiger partial charge in [0.15, 0.2) is 0 Å². The fraction of sp³-hybridized carbons (Fsp3) is 0.0968. The fourth-order valence-electron chi connectivity index (χ4n) is 4.46. The van der Waals surface area contributed by atoms with E-state index < -0.39 is 12.7 Å². The van der Waals surface area contributed by atoms with Crippen LogP contribution in [0.4, 0.5) is 0 Å². The highest BCUT2D eigenvalue weighted by molar-refractivity contribution is 6.10. The largest absolute Gasteiger partial charge is 0.455 e. The maximum absolute atomic E-state index is 9.32. The van der Waals surface area contributed by atoms with Gasteiger partial charge in [-0.3, -0.25) is 9.97 Å². The standard InChI is InChI=1S/C31H24N2O/c1-20-17-27(32-18-25(20)23-13-7-4-8-14-23)26-19-33-30(21(2)22-11-5-3-6-12-22)29-24-15-9-10-16-28(24)34-31(26)29/h3-19,21H,1-2H3/i1D3,21D. The lowest BCUT2D eigenvalue weighted by Crippen LogP contribution is -2.01. The summed E-state index contributed by atoms with van der Waals surface area (Å²) in [6, 6.07) is 28.2. The van der Waals surface area contributed by atoms with Gasteiger partial charge in [-0.25, -0.2) is 0 Å². The van der Waals surface area contributed by atoms with Crippen molar-refractivity contribution >= 4 is 21.9 Å². The molecule has 0 aliphatic rings. The molecule has 3 aromatic heterocycles. The van der Waals surface area contributed by atoms with Crippen LogP contribution in [0, 0.1) is 6.85 Å². The molecule has 3 nitrogen and oxygen atoms in total. The van der Waals surface area contributed by atoms with Crippen LogP contribution in [0.3, 0.4) is 0 Å². The number of pyridine rings is 2. The Kier molecular flexibility index (Phi) is 3.99. The Bertz CT molecular complexity index is 1780. The van der Waals surface area contributed by atoms with Crippen molar-refractivity contribution in [3.05, 3.63) is 120 Å². The van der Waals surface area contributed by atoms with Gasteiger partial charge in [-0.2, -0.15) is 0 Å². The summed E-state index contributed by atoms with van der Waals surface area (Å²) in [7, 11) is 0. The van der Waals surface area contributed by atoms with E-state index in [-0.39, 0.29) is 5.56 Å². The van der Waals surface area contributed by atoms with Crippen molar-refractivity contribution in [2.45, 2.75) is 19.7 Å². The Labute approximate surface area is 204 Å². The molecule has 0 N–H and O–H groups in total. The Hall–Kier alpha value is -4.24. The first-order chi connectivity index (χ1) is 18.2. The van der Waals surface area contributed by atoms with Crippen LogP contribution in [0.5, 0.6) is 0 Å². The minimum Gasteiger partial charge on any atom is -0.455 e. The molecule has 0 saturated carbocycles. The zero-order valence-electron chi connectivity index (χ0n) is 22.6. The molecule has 0 aliphatic heterocycles. The first-order valence-electron chi connectivity index (χ1n) is 13.2. The second-order valence-electron chi connectivity index (χ2n) is 8.30. The molecule has 1 atom stereocenters. The monoisotopic (exact) mass is 444 g/mol. The number of aryl methyl sites for hydroxylation is 1. The average Bonchev–Trinajstić information content (AvgIpc) is 3.32. The molecule has 0 saturated heterocycles. The number of aromatic nitrogens is 2. The summed E-state index contributed by atoms with van der Waals surface area (Å²) in [5.74, 6) is -1.15. The molecule has 34 heavy (non-hydrogen) atoms. The van der Waals surface area contributed by atoms with E-state index in [1.54, 1.807) is 18.5 Å². The number of furan rings is 1. The number of para-hydroxylation sites is 1. The summed E-state index contributed by atoms with van der Waals surface area (Å²) in [5.41, 5.74) is 5.14. The summed E-state index contributed by atoms with van der Waals surface area (Å²) < 4.78 is 40.3. The van der Waals surface area contributed by atoms with Crippen molar-refractivity contribution in [3.63, 3.8) is 0 Å². The van der Waals surface area contributed by atoms with Crippen LogP contribution in [0.15, 0.2) is 108 Å². The summed E-state index contributed by atoms with van der Waals surface area (Å²) in [6.07, 6.45) is 3.25. The van der Waals surface area contributed by atoms with Crippen LogP contribution in [0.1, 0.15) is 35.1 Å². The van der Waals surface area contributed by atoms with Crippen molar-refractivity contribution in [2.24, 2.45) is 0 Å². The highest BCUT2D eigenvalue weighted by atomic mass is 16.3. The van der Waals surface area contributed by atoms with Gasteiger partial charge in [0.05, 0.1) is 22.3 Å². The maximum Gasteiger partial charge on any atom is 0.148 e. The average molecular weight is 445 g/mol. The van der Waals surface area contributed by atoms with Crippen LogP contribution in [-0.2, 0) is 0 Å². The molecule has 0 amide bonds. The summed E-state index contributed by atoms with van der Waals surface area (Å²) in [4.78, 5) is 9.47. The van der Waals surface area contributed by atoms with Crippen molar-refractivity contribution in [2.75, 3.05) is 0 Å². The van der Waals surface area contributed by atoms with E-state index in [9.17, 15) is 1.37 Å². The number of rotatable bonds is 4. The molecule has 3 aromatic carbocycles. The first-order valence-corrected chi connectivity index (χ1v) is 11.2. The predicted molar refractivity (Wildman–Crippen MR) is 139 cm³/mol. The van der Waals surface area contributed by atoms with E-state index in [4.69, 9.17) is 13.5 Å². The van der Waals surface area contributed by atoms with E-state index in [1.165, 1.54) is 0 Å². The normalized spacial score (nSPS) is 15.3. The molecule has 6 aromatic rings. The molecule has 0 bridgehead atoms. The van der Waals surface area contributed by atoms with Crippen molar-refractivity contribution in [1.82, 2.24) is 9.97 Å². The van der Waals surface area contributed by atoms with Crippen LogP contribution >= 0.6 is 0 Å². The SMILES string of the molecule is [2H]C([2H])([2H])c1cc(-c2cnc(C([2H])(C)c3ccccc3)c3c2oc2ccccc23)ncc1-c1ccccc1. The zero-order valence-corrected chi connectivity index (χ0v) is 18.6. The van der Waals surface area contributed by atoms with Crippen LogP contribution < -0.4 is 0 Å². The third-order valence-electron chi connectivity index (χ3n) is 6.23. The minimum absolute atomic E-state index is 0.205. The molecule has 0 radical (unpaired) electrons. The fourth-order valence-corrected chi connectivity index (χ4v) is 4.46. The Balaban J connectivity index is 1.62. The number of benzene rings is 3. The van der Waals surface area contributed by atoms with Gasteiger partial charge in [0.2, 0.25) is 0 Å². The first kappa shape index (κ1) is 16.4. The molecule has 1 unspecified atom stereocenters. The molecule has 0 aliphatic carbocycles. The van der Waals surface area contributed by atoms with Gasteiger partial charge in [0.25, 0.3) is 0 Å². The van der Waals surface area contributed by atoms with Crippen LogP contribution in [0.25, 0.3) is 44.3 Å². The van der Waals surface area contributed by atoms with E-state index in [0.717, 1.165) is 21.9 Å². The van der Waals surface area contributed by atoms with E-state index in [2.05, 4.69) is 4.98 Å². The predicted octanol–water partition coefficient (Wildman–Crippen LogP) is 8.17. The van der Waals surface area contributed by atoms with Gasteiger partial charge in [-0.15, -0.1) is 0 Å². The Morgan fingerprint density at radius 3 is 2.32 bits per heavy atom. The van der Waals surface area contributed by atoms with Crippen molar-refractivity contribution in [3.8, 4) is 22.4 Å². The van der Waals surface area contributed by atoms with Crippen molar-refractivity contribution < 1.29 is 9.90 Å². The van der Waals surface area contributed by atoms with Gasteiger partial charge < -0.3 is 4.42 Å². The van der Waals surface area contributed by atoms with Gasteiger partial charge >= 0.3 is 0 Å². The topological polar surface area (TPSA) is 38.9 Å². The highest BCUT2D eigenvalue weighted by Crippen LogP contribution is 2.40. The maximum atomic E-state index is 9.32. The van der Waals surface area contributed by atoms with Gasteiger partial charge in [-0.05, 0) is 35.7 Å². The lowest BCUT2D eigenvalue weighted by Gasteiger charge is -2.14. The summed E-state index contributed by atoms with van der Waals surface area (Å²) >= 11 is 0. The van der Waals surface area contributed by atoms with E-state index >= 15 is 0 Å². The molecular weight excluding hydrogens is 416 g/mol. The van der Waals surface area contributed by atoms with Gasteiger partial charge in [0, 0.05) is 34.7 Å². The van der Waals surface area contributed by atoms with Gasteiger partial charge in [-0.1, -0.05) is 85.8 Å². The molecular formula is C31H24N2O. The smallest absolute Gasteiger partial charge is 0.148 e. The number of hydrogen-bond donors (Lipinski definition) is 0. The Morgan fingerprint density at radius 2 is 1.53 bits per heavy atom. The quantitative estimate of drug-likeness (QED) is 0.275. The van der Waals surface area contributed by atoms with E-state index in [1.807, 2.05) is 91.9 Å². The lowest BCUT2D eigenvalue weighted by molar-refractivity contribution is 0.668. The molecule has 3 heterocycles. The van der Waals surface area contributed by atoms with Crippen molar-refractivity contribution in [1.29, 1.82) is 0 Å². The second kappa shape index (κ2) is 8.27. The summed E-state index contributed by atoms with van der Waals surface area (Å²) in [6.45, 7) is -0.526. The third-order valence-corrected chi connectivity index (χ3v) is 6.23. The van der Waals surface area contributed by atoms with Crippen LogP contribution in [-0.4, -0.2) is 9.97 Å². The molecule has 3 heteroatoms. The summed E-state index contributed by atoms with van der Waals surface area (Å²) in [5, 5.41) is 1.57. The number of nitrogens with zero attached hydrogens (tertiary/aromatic N) is 2. The van der Waals surface area contributed by atoms with Gasteiger partial charge in [0.1, 0.15) is 11.2 Å². The lowest BCUT2D eigenvalue weighted by atomic mass is 9.93. The molecule has 0 fully saturated rings. The second-order valence-corrected chi connectivity index (χ2v) is 8.30. The third kappa shape index (κ3) is 3.37. The highest BCUT2D eigenvalue weighted by Gasteiger charge is 2.22. The zero-order chi connectivity index (χ0) is 26.5.